The molecule has 0 radical (unpaired) electrons. The number of anilines is 1. The van der Waals surface area contributed by atoms with E-state index in [9.17, 15) is 18.4 Å². The molecule has 0 fully saturated rings. The van der Waals surface area contributed by atoms with Gasteiger partial charge in [-0.05, 0) is 23.7 Å². The molecular formula is C12H5Cl2F3N4O. The van der Waals surface area contributed by atoms with Crippen molar-refractivity contribution < 1.29 is 17.9 Å². The number of aliphatic imine (C=N–C) groups is 1. The minimum absolute atomic E-state index is 0.122. The van der Waals surface area contributed by atoms with Crippen molar-refractivity contribution in [1.29, 1.82) is 10.5 Å². The Hall–Kier alpha value is -2.00. The number of benzene rings is 1. The number of halogens is 5. The molecule has 2 atom stereocenters. The first-order valence-corrected chi connectivity index (χ1v) is 6.36. The van der Waals surface area contributed by atoms with Crippen LogP contribution in [0.1, 0.15) is 0 Å². The van der Waals surface area contributed by atoms with Gasteiger partial charge in [0, 0.05) is 0 Å². The van der Waals surface area contributed by atoms with Gasteiger partial charge in [0.15, 0.2) is 6.04 Å². The molecular weight excluding hydrogens is 344 g/mol. The molecule has 0 aromatic heterocycles. The summed E-state index contributed by atoms with van der Waals surface area (Å²) >= 11 is 11.8. The van der Waals surface area contributed by atoms with Crippen LogP contribution in [0.3, 0.4) is 0 Å². The lowest BCUT2D eigenvalue weighted by molar-refractivity contribution is -0.355. The van der Waals surface area contributed by atoms with Crippen molar-refractivity contribution in [3.8, 4) is 12.1 Å². The van der Waals surface area contributed by atoms with E-state index in [4.69, 9.17) is 28.5 Å². The van der Waals surface area contributed by atoms with Gasteiger partial charge in [-0.25, -0.2) is 9.73 Å². The molecule has 0 N–H and O–H groups in total. The summed E-state index contributed by atoms with van der Waals surface area (Å²) in [7, 11) is 0. The second kappa shape index (κ2) is 5.65. The molecule has 0 spiro atoms. The van der Waals surface area contributed by atoms with Crippen molar-refractivity contribution in [2.75, 3.05) is 4.90 Å². The highest BCUT2D eigenvalue weighted by molar-refractivity contribution is 6.68. The second-order valence-electron chi connectivity index (χ2n) is 4.09. The van der Waals surface area contributed by atoms with Gasteiger partial charge in [-0.15, -0.1) is 13.2 Å². The molecule has 114 valence electrons. The highest BCUT2D eigenvalue weighted by atomic mass is 35.5. The molecule has 1 heterocycles. The molecule has 0 amide bonds. The minimum atomic E-state index is -5.18. The summed E-state index contributed by atoms with van der Waals surface area (Å²) in [5.41, 5.74) is -2.70. The Morgan fingerprint density at radius 1 is 1.27 bits per heavy atom. The smallest absolute Gasteiger partial charge is 0.293 e. The quantitative estimate of drug-likeness (QED) is 0.767. The SMILES string of the molecule is N#CC1N(c2ccccc2Cl)C(Cl)=NC1(C#N)OC(F)(F)F. The molecule has 0 saturated carbocycles. The van der Waals surface area contributed by atoms with Crippen molar-refractivity contribution in [3.63, 3.8) is 0 Å². The van der Waals surface area contributed by atoms with E-state index in [-0.39, 0.29) is 10.7 Å². The first-order chi connectivity index (χ1) is 10.2. The van der Waals surface area contributed by atoms with Crippen LogP contribution < -0.4 is 4.90 Å². The Kier molecular flexibility index (Phi) is 4.21. The van der Waals surface area contributed by atoms with Crippen LogP contribution in [0.2, 0.25) is 5.02 Å². The number of nitrogens with zero attached hydrogens (tertiary/aromatic N) is 4. The summed E-state index contributed by atoms with van der Waals surface area (Å²) in [5, 5.41) is 17.9. The van der Waals surface area contributed by atoms with Crippen molar-refractivity contribution in [1.82, 2.24) is 0 Å². The Bertz CT molecular complexity index is 710. The van der Waals surface area contributed by atoms with Gasteiger partial charge < -0.3 is 0 Å². The van der Waals surface area contributed by atoms with E-state index >= 15 is 0 Å². The molecule has 1 aliphatic heterocycles. The molecule has 1 aliphatic rings. The van der Waals surface area contributed by atoms with Crippen LogP contribution in [-0.4, -0.2) is 23.4 Å². The summed E-state index contributed by atoms with van der Waals surface area (Å²) in [6, 6.07) is 7.05. The van der Waals surface area contributed by atoms with Gasteiger partial charge >= 0.3 is 6.36 Å². The monoisotopic (exact) mass is 348 g/mol. The summed E-state index contributed by atoms with van der Waals surface area (Å²) in [6.45, 7) is 0. The zero-order valence-electron chi connectivity index (χ0n) is 10.5. The van der Waals surface area contributed by atoms with Gasteiger partial charge in [0.2, 0.25) is 5.29 Å². The van der Waals surface area contributed by atoms with Crippen LogP contribution >= 0.6 is 23.2 Å². The third-order valence-electron chi connectivity index (χ3n) is 2.75. The molecule has 2 unspecified atom stereocenters. The molecule has 0 saturated heterocycles. The van der Waals surface area contributed by atoms with Crippen LogP contribution in [0.4, 0.5) is 18.9 Å². The zero-order valence-corrected chi connectivity index (χ0v) is 12.0. The molecule has 10 heteroatoms. The van der Waals surface area contributed by atoms with Crippen LogP contribution in [0.25, 0.3) is 0 Å². The lowest BCUT2D eigenvalue weighted by atomic mass is 10.1. The first kappa shape index (κ1) is 16.4. The predicted octanol–water partition coefficient (Wildman–Crippen LogP) is 3.40. The zero-order chi connectivity index (χ0) is 16.5. The van der Waals surface area contributed by atoms with Gasteiger partial charge in [0.1, 0.15) is 6.07 Å². The van der Waals surface area contributed by atoms with Gasteiger partial charge in [0.25, 0.3) is 5.72 Å². The van der Waals surface area contributed by atoms with E-state index in [1.165, 1.54) is 24.3 Å². The van der Waals surface area contributed by atoms with Gasteiger partial charge in [0.05, 0.1) is 16.8 Å². The summed E-state index contributed by atoms with van der Waals surface area (Å²) < 4.78 is 41.4. The normalized spacial score (nSPS) is 24.6. The second-order valence-corrected chi connectivity index (χ2v) is 4.84. The molecule has 2 rings (SSSR count). The third-order valence-corrected chi connectivity index (χ3v) is 3.34. The largest absolute Gasteiger partial charge is 0.525 e. The third kappa shape index (κ3) is 2.81. The topological polar surface area (TPSA) is 72.4 Å². The van der Waals surface area contributed by atoms with Crippen LogP contribution in [0.15, 0.2) is 29.3 Å². The van der Waals surface area contributed by atoms with Crippen LogP contribution in [0, 0.1) is 22.7 Å². The highest BCUT2D eigenvalue weighted by Gasteiger charge is 2.57. The fourth-order valence-electron chi connectivity index (χ4n) is 1.93. The lowest BCUT2D eigenvalue weighted by Gasteiger charge is -2.28. The molecule has 0 aliphatic carbocycles. The van der Waals surface area contributed by atoms with E-state index in [1.807, 2.05) is 0 Å². The van der Waals surface area contributed by atoms with Crippen molar-refractivity contribution in [2.24, 2.45) is 4.99 Å². The molecule has 1 aromatic carbocycles. The highest BCUT2D eigenvalue weighted by Crippen LogP contribution is 2.40. The van der Waals surface area contributed by atoms with Crippen molar-refractivity contribution >= 4 is 34.2 Å². The number of para-hydroxylation sites is 1. The Balaban J connectivity index is 2.54. The maximum absolute atomic E-state index is 12.5. The van der Waals surface area contributed by atoms with Gasteiger partial charge in [-0.3, -0.25) is 4.90 Å². The Morgan fingerprint density at radius 2 is 1.91 bits per heavy atom. The summed E-state index contributed by atoms with van der Waals surface area (Å²) in [5.74, 6) is 0. The lowest BCUT2D eigenvalue weighted by Crippen LogP contribution is -2.49. The molecule has 1 aromatic rings. The summed E-state index contributed by atoms with van der Waals surface area (Å²) in [6.07, 6.45) is -5.18. The number of alkyl halides is 3. The van der Waals surface area contributed by atoms with E-state index < -0.39 is 23.4 Å². The Labute approximate surface area is 132 Å². The number of nitriles is 2. The van der Waals surface area contributed by atoms with E-state index in [0.29, 0.717) is 0 Å². The number of hydrogen-bond acceptors (Lipinski definition) is 5. The predicted molar refractivity (Wildman–Crippen MR) is 72.1 cm³/mol. The van der Waals surface area contributed by atoms with E-state index in [2.05, 4.69) is 9.73 Å². The van der Waals surface area contributed by atoms with Crippen LogP contribution in [0.5, 0.6) is 0 Å². The standard InChI is InChI=1S/C12H5Cl2F3N4O/c13-7-3-1-2-4-8(7)21-9(5-18)11(6-19,20-10(21)14)22-12(15,16)17/h1-4,9H. The summed E-state index contributed by atoms with van der Waals surface area (Å²) in [4.78, 5) is 4.31. The maximum Gasteiger partial charge on any atom is 0.525 e. The number of ether oxygens (including phenoxy) is 1. The average molecular weight is 349 g/mol. The number of amidine groups is 1. The number of rotatable bonds is 2. The molecule has 22 heavy (non-hydrogen) atoms. The van der Waals surface area contributed by atoms with Gasteiger partial charge in [-0.2, -0.15) is 10.5 Å². The van der Waals surface area contributed by atoms with Crippen molar-refractivity contribution in [2.45, 2.75) is 18.1 Å². The van der Waals surface area contributed by atoms with E-state index in [0.717, 1.165) is 4.90 Å². The fraction of sp³-hybridized carbons (Fsp3) is 0.250. The molecule has 5 nitrogen and oxygen atoms in total. The van der Waals surface area contributed by atoms with Crippen molar-refractivity contribution in [3.05, 3.63) is 29.3 Å². The Morgan fingerprint density at radius 3 is 2.41 bits per heavy atom. The minimum Gasteiger partial charge on any atom is -0.293 e. The van der Waals surface area contributed by atoms with E-state index in [1.54, 1.807) is 12.1 Å². The average Bonchev–Trinajstić information content (AvgIpc) is 2.69. The first-order valence-electron chi connectivity index (χ1n) is 5.61. The van der Waals surface area contributed by atoms with Crippen LogP contribution in [-0.2, 0) is 4.74 Å². The maximum atomic E-state index is 12.5. The number of hydrogen-bond donors (Lipinski definition) is 0. The van der Waals surface area contributed by atoms with Gasteiger partial charge in [-0.1, -0.05) is 23.7 Å². The fourth-order valence-corrected chi connectivity index (χ4v) is 2.47. The molecule has 0 bridgehead atoms.